The molecule has 2 rings (SSSR count). The zero-order chi connectivity index (χ0) is 17.0. The molecule has 0 aromatic rings. The molecule has 0 N–H and O–H groups in total. The van der Waals surface area contributed by atoms with Crippen LogP contribution in [0.3, 0.4) is 0 Å². The molecule has 2 heterocycles. The summed E-state index contributed by atoms with van der Waals surface area (Å²) >= 11 is 0. The number of hydrogen-bond donors (Lipinski definition) is 0. The van der Waals surface area contributed by atoms with Crippen LogP contribution >= 0.6 is 0 Å². The van der Waals surface area contributed by atoms with E-state index in [2.05, 4.69) is 6.92 Å². The van der Waals surface area contributed by atoms with Gasteiger partial charge in [0.05, 0.1) is 6.26 Å². The number of likely N-dealkylation sites (N-methyl/N-ethyl adjacent to an activating group) is 1. The Morgan fingerprint density at radius 2 is 2.00 bits per heavy atom. The number of hydrogen-bond acceptors (Lipinski definition) is 3. The standard InChI is InChI=1S/C18H28N2O3/c1-5-6-7-8-11-20-17(22)15(13-14-10-9-12-23-14)16(21)19(4)18(20,2)3/h9,12-14H,5-8,10-11H2,1-4H3/b15-13+. The molecule has 5 nitrogen and oxygen atoms in total. The number of nitrogens with zero attached hydrogens (tertiary/aromatic N) is 2. The average Bonchev–Trinajstić information content (AvgIpc) is 3.02. The molecule has 0 bridgehead atoms. The molecule has 2 amide bonds. The van der Waals surface area contributed by atoms with Gasteiger partial charge in [0.15, 0.2) is 0 Å². The normalized spacial score (nSPS) is 25.4. The van der Waals surface area contributed by atoms with Crippen LogP contribution in [0.4, 0.5) is 0 Å². The monoisotopic (exact) mass is 320 g/mol. The molecule has 2 aliphatic rings. The quantitative estimate of drug-likeness (QED) is 0.429. The Labute approximate surface area is 139 Å². The van der Waals surface area contributed by atoms with Gasteiger partial charge in [-0.3, -0.25) is 9.59 Å². The van der Waals surface area contributed by atoms with E-state index in [4.69, 9.17) is 4.74 Å². The predicted molar refractivity (Wildman–Crippen MR) is 89.4 cm³/mol. The zero-order valence-electron chi connectivity index (χ0n) is 14.7. The van der Waals surface area contributed by atoms with Gasteiger partial charge < -0.3 is 14.5 Å². The molecule has 0 saturated carbocycles. The Morgan fingerprint density at radius 1 is 1.26 bits per heavy atom. The molecule has 1 unspecified atom stereocenters. The predicted octanol–water partition coefficient (Wildman–Crippen LogP) is 2.83. The van der Waals surface area contributed by atoms with Crippen LogP contribution in [-0.4, -0.2) is 47.0 Å². The van der Waals surface area contributed by atoms with Gasteiger partial charge in [-0.25, -0.2) is 0 Å². The summed E-state index contributed by atoms with van der Waals surface area (Å²) in [6, 6.07) is 0. The Morgan fingerprint density at radius 3 is 2.61 bits per heavy atom. The number of unbranched alkanes of at least 4 members (excludes halogenated alkanes) is 3. The van der Waals surface area contributed by atoms with Crippen molar-refractivity contribution < 1.29 is 14.3 Å². The summed E-state index contributed by atoms with van der Waals surface area (Å²) in [5, 5.41) is 0. The molecule has 1 atom stereocenters. The van der Waals surface area contributed by atoms with Gasteiger partial charge in [-0.15, -0.1) is 0 Å². The van der Waals surface area contributed by atoms with E-state index in [9.17, 15) is 9.59 Å². The highest BCUT2D eigenvalue weighted by Gasteiger charge is 2.45. The van der Waals surface area contributed by atoms with E-state index in [0.29, 0.717) is 13.0 Å². The molecule has 128 valence electrons. The maximum absolute atomic E-state index is 12.9. The van der Waals surface area contributed by atoms with Gasteiger partial charge in [0.1, 0.15) is 17.3 Å². The van der Waals surface area contributed by atoms with Crippen molar-refractivity contribution >= 4 is 11.8 Å². The van der Waals surface area contributed by atoms with Crippen molar-refractivity contribution in [2.24, 2.45) is 0 Å². The lowest BCUT2D eigenvalue weighted by molar-refractivity contribution is -0.158. The fourth-order valence-electron chi connectivity index (χ4n) is 3.00. The van der Waals surface area contributed by atoms with Crippen LogP contribution in [0, 0.1) is 0 Å². The Bertz CT molecular complexity index is 514. The van der Waals surface area contributed by atoms with Crippen LogP contribution in [0.25, 0.3) is 0 Å². The number of rotatable bonds is 6. The fraction of sp³-hybridized carbons (Fsp3) is 0.667. The second-order valence-corrected chi connectivity index (χ2v) is 6.74. The molecule has 5 heteroatoms. The van der Waals surface area contributed by atoms with Crippen molar-refractivity contribution in [1.29, 1.82) is 0 Å². The number of carbonyl (C=O) groups excluding carboxylic acids is 2. The average molecular weight is 320 g/mol. The van der Waals surface area contributed by atoms with Gasteiger partial charge in [0, 0.05) is 20.0 Å². The summed E-state index contributed by atoms with van der Waals surface area (Å²) in [6.45, 7) is 6.68. The summed E-state index contributed by atoms with van der Waals surface area (Å²) < 4.78 is 5.39. The third-order valence-electron chi connectivity index (χ3n) is 4.80. The highest BCUT2D eigenvalue weighted by Crippen LogP contribution is 2.30. The summed E-state index contributed by atoms with van der Waals surface area (Å²) in [4.78, 5) is 29.0. The maximum Gasteiger partial charge on any atom is 0.261 e. The minimum Gasteiger partial charge on any atom is -0.494 e. The molecule has 0 aromatic carbocycles. The molecular formula is C18H28N2O3. The van der Waals surface area contributed by atoms with E-state index < -0.39 is 5.66 Å². The maximum atomic E-state index is 12.9. The second kappa shape index (κ2) is 7.20. The third-order valence-corrected chi connectivity index (χ3v) is 4.80. The smallest absolute Gasteiger partial charge is 0.261 e. The van der Waals surface area contributed by atoms with E-state index >= 15 is 0 Å². The van der Waals surface area contributed by atoms with Crippen molar-refractivity contribution in [3.63, 3.8) is 0 Å². The van der Waals surface area contributed by atoms with Crippen molar-refractivity contribution in [2.75, 3.05) is 13.6 Å². The van der Waals surface area contributed by atoms with Crippen molar-refractivity contribution in [2.45, 2.75) is 64.6 Å². The molecule has 0 spiro atoms. The minimum absolute atomic E-state index is 0.176. The van der Waals surface area contributed by atoms with Crippen LogP contribution < -0.4 is 0 Å². The first-order valence-corrected chi connectivity index (χ1v) is 8.52. The first-order valence-electron chi connectivity index (χ1n) is 8.52. The Hall–Kier alpha value is -1.78. The van der Waals surface area contributed by atoms with Crippen LogP contribution in [-0.2, 0) is 14.3 Å². The summed E-state index contributed by atoms with van der Waals surface area (Å²) in [6.07, 6.45) is 10.1. The molecule has 1 fully saturated rings. The van der Waals surface area contributed by atoms with Crippen LogP contribution in [0.2, 0.25) is 0 Å². The summed E-state index contributed by atoms with van der Waals surface area (Å²) in [5.74, 6) is -0.398. The lowest BCUT2D eigenvalue weighted by Crippen LogP contribution is -2.65. The lowest BCUT2D eigenvalue weighted by atomic mass is 9.99. The first-order chi connectivity index (χ1) is 10.9. The van der Waals surface area contributed by atoms with Crippen molar-refractivity contribution in [3.8, 4) is 0 Å². The van der Waals surface area contributed by atoms with Gasteiger partial charge in [-0.1, -0.05) is 26.2 Å². The Balaban J connectivity index is 2.18. The minimum atomic E-state index is -0.605. The van der Waals surface area contributed by atoms with Gasteiger partial charge in [0.2, 0.25) is 0 Å². The fourth-order valence-corrected chi connectivity index (χ4v) is 3.00. The van der Waals surface area contributed by atoms with Crippen LogP contribution in [0.5, 0.6) is 0 Å². The highest BCUT2D eigenvalue weighted by atomic mass is 16.5. The Kier molecular flexibility index (Phi) is 5.50. The van der Waals surface area contributed by atoms with E-state index in [1.807, 2.05) is 24.8 Å². The summed E-state index contributed by atoms with van der Waals surface area (Å²) in [7, 11) is 1.76. The van der Waals surface area contributed by atoms with Gasteiger partial charge in [-0.05, 0) is 32.4 Å². The van der Waals surface area contributed by atoms with E-state index in [1.54, 1.807) is 24.3 Å². The largest absolute Gasteiger partial charge is 0.494 e. The van der Waals surface area contributed by atoms with Crippen LogP contribution in [0.1, 0.15) is 52.9 Å². The molecular weight excluding hydrogens is 292 g/mol. The topological polar surface area (TPSA) is 49.9 Å². The first kappa shape index (κ1) is 17.6. The number of amides is 2. The van der Waals surface area contributed by atoms with Gasteiger partial charge in [-0.2, -0.15) is 0 Å². The third kappa shape index (κ3) is 3.59. The lowest BCUT2D eigenvalue weighted by Gasteiger charge is -2.49. The van der Waals surface area contributed by atoms with Gasteiger partial charge in [0.25, 0.3) is 11.8 Å². The van der Waals surface area contributed by atoms with E-state index in [1.165, 1.54) is 6.42 Å². The SMILES string of the molecule is CCCCCCN1C(=O)/C(=C/C2CC=CO2)C(=O)N(C)C1(C)C. The molecule has 2 aliphatic heterocycles. The van der Waals surface area contributed by atoms with Crippen molar-refractivity contribution in [3.05, 3.63) is 24.0 Å². The number of ether oxygens (including phenoxy) is 1. The molecule has 1 saturated heterocycles. The van der Waals surface area contributed by atoms with Crippen LogP contribution in [0.15, 0.2) is 24.0 Å². The van der Waals surface area contributed by atoms with Gasteiger partial charge >= 0.3 is 0 Å². The molecule has 23 heavy (non-hydrogen) atoms. The van der Waals surface area contributed by atoms with Crippen molar-refractivity contribution in [1.82, 2.24) is 9.80 Å². The zero-order valence-corrected chi connectivity index (χ0v) is 14.7. The van der Waals surface area contributed by atoms with E-state index in [0.717, 1.165) is 19.3 Å². The molecule has 0 aliphatic carbocycles. The number of carbonyl (C=O) groups is 2. The van der Waals surface area contributed by atoms with E-state index in [-0.39, 0.29) is 23.5 Å². The highest BCUT2D eigenvalue weighted by molar-refractivity contribution is 6.20. The molecule has 0 aromatic heterocycles. The molecule has 0 radical (unpaired) electrons. The second-order valence-electron chi connectivity index (χ2n) is 6.74. The summed E-state index contributed by atoms with van der Waals surface area (Å²) in [5.41, 5.74) is -0.372.